The number of hydrogen-bond donors (Lipinski definition) is 1. The smallest absolute Gasteiger partial charge is 0.226 e. The summed E-state index contributed by atoms with van der Waals surface area (Å²) in [5.74, 6) is 1.42. The highest BCUT2D eigenvalue weighted by molar-refractivity contribution is 5.15. The fourth-order valence-electron chi connectivity index (χ4n) is 1.95. The summed E-state index contributed by atoms with van der Waals surface area (Å²) < 4.78 is 7.19. The van der Waals surface area contributed by atoms with Gasteiger partial charge in [-0.2, -0.15) is 4.98 Å². The van der Waals surface area contributed by atoms with Crippen molar-refractivity contribution in [1.82, 2.24) is 20.0 Å². The highest BCUT2D eigenvalue weighted by Crippen LogP contribution is 2.13. The standard InChI is InChI=1S/C14H22N4O/c1-4-7-15-11(3)12-6-8-18(9-12)10-13-16-14(5-2)19-17-13/h6,8-9,11,15H,4-5,7,10H2,1-3H3. The van der Waals surface area contributed by atoms with E-state index < -0.39 is 0 Å². The first-order valence-electron chi connectivity index (χ1n) is 6.93. The van der Waals surface area contributed by atoms with E-state index in [4.69, 9.17) is 4.52 Å². The number of aryl methyl sites for hydroxylation is 1. The topological polar surface area (TPSA) is 55.9 Å². The Bertz CT molecular complexity index is 503. The zero-order valence-electron chi connectivity index (χ0n) is 11.9. The van der Waals surface area contributed by atoms with Gasteiger partial charge in [-0.15, -0.1) is 0 Å². The molecule has 2 heterocycles. The second kappa shape index (κ2) is 6.52. The molecule has 0 fully saturated rings. The molecule has 0 saturated carbocycles. The van der Waals surface area contributed by atoms with Crippen LogP contribution in [0.25, 0.3) is 0 Å². The Balaban J connectivity index is 1.96. The van der Waals surface area contributed by atoms with Gasteiger partial charge in [0.2, 0.25) is 5.89 Å². The summed E-state index contributed by atoms with van der Waals surface area (Å²) in [4.78, 5) is 4.31. The lowest BCUT2D eigenvalue weighted by atomic mass is 10.2. The van der Waals surface area contributed by atoms with Gasteiger partial charge in [0.15, 0.2) is 5.82 Å². The van der Waals surface area contributed by atoms with Crippen LogP contribution in [-0.4, -0.2) is 21.3 Å². The molecule has 0 saturated heterocycles. The van der Waals surface area contributed by atoms with Crippen molar-refractivity contribution in [3.63, 3.8) is 0 Å². The molecule has 0 aliphatic heterocycles. The molecule has 2 aromatic rings. The number of hydrogen-bond acceptors (Lipinski definition) is 4. The number of nitrogens with zero attached hydrogens (tertiary/aromatic N) is 3. The van der Waals surface area contributed by atoms with E-state index >= 15 is 0 Å². The molecule has 2 aromatic heterocycles. The van der Waals surface area contributed by atoms with E-state index in [9.17, 15) is 0 Å². The molecule has 1 atom stereocenters. The first kappa shape index (κ1) is 13.8. The van der Waals surface area contributed by atoms with Crippen molar-refractivity contribution >= 4 is 0 Å². The van der Waals surface area contributed by atoms with Crippen LogP contribution in [0.15, 0.2) is 23.0 Å². The average Bonchev–Trinajstić information content (AvgIpc) is 3.05. The summed E-state index contributed by atoms with van der Waals surface area (Å²) in [5, 5.41) is 7.44. The van der Waals surface area contributed by atoms with Crippen molar-refractivity contribution < 1.29 is 4.52 Å². The molecule has 0 radical (unpaired) electrons. The first-order valence-corrected chi connectivity index (χ1v) is 6.93. The summed E-state index contributed by atoms with van der Waals surface area (Å²) in [7, 11) is 0. The second-order valence-electron chi connectivity index (χ2n) is 4.75. The van der Waals surface area contributed by atoms with Crippen LogP contribution in [0.4, 0.5) is 0 Å². The maximum atomic E-state index is 5.11. The van der Waals surface area contributed by atoms with Crippen molar-refractivity contribution in [2.45, 2.75) is 46.2 Å². The van der Waals surface area contributed by atoms with Crippen molar-refractivity contribution in [3.8, 4) is 0 Å². The van der Waals surface area contributed by atoms with Gasteiger partial charge in [-0.1, -0.05) is 19.0 Å². The van der Waals surface area contributed by atoms with Crippen LogP contribution in [0.5, 0.6) is 0 Å². The van der Waals surface area contributed by atoms with Gasteiger partial charge in [-0.05, 0) is 31.5 Å². The van der Waals surface area contributed by atoms with E-state index in [1.165, 1.54) is 5.56 Å². The fraction of sp³-hybridized carbons (Fsp3) is 0.571. The van der Waals surface area contributed by atoms with Crippen LogP contribution < -0.4 is 5.32 Å². The minimum absolute atomic E-state index is 0.373. The van der Waals surface area contributed by atoms with Crippen LogP contribution >= 0.6 is 0 Å². The van der Waals surface area contributed by atoms with Crippen LogP contribution in [0.2, 0.25) is 0 Å². The lowest BCUT2D eigenvalue weighted by Gasteiger charge is -2.10. The van der Waals surface area contributed by atoms with Crippen molar-refractivity contribution in [2.24, 2.45) is 0 Å². The number of rotatable bonds is 7. The average molecular weight is 262 g/mol. The summed E-state index contributed by atoms with van der Waals surface area (Å²) in [5.41, 5.74) is 1.28. The van der Waals surface area contributed by atoms with E-state index in [0.717, 1.165) is 25.2 Å². The Labute approximate surface area is 114 Å². The molecule has 104 valence electrons. The highest BCUT2D eigenvalue weighted by atomic mass is 16.5. The van der Waals surface area contributed by atoms with E-state index in [1.807, 2.05) is 6.92 Å². The van der Waals surface area contributed by atoms with Gasteiger partial charge in [0.25, 0.3) is 0 Å². The predicted molar refractivity (Wildman–Crippen MR) is 73.9 cm³/mol. The normalized spacial score (nSPS) is 12.8. The Morgan fingerprint density at radius 2 is 2.26 bits per heavy atom. The zero-order valence-corrected chi connectivity index (χ0v) is 11.9. The van der Waals surface area contributed by atoms with Gasteiger partial charge in [-0.3, -0.25) is 0 Å². The summed E-state index contributed by atoms with van der Waals surface area (Å²) in [6.45, 7) is 8.05. The molecule has 1 unspecified atom stereocenters. The molecule has 5 nitrogen and oxygen atoms in total. The van der Waals surface area contributed by atoms with E-state index in [2.05, 4.69) is 52.3 Å². The molecule has 0 aliphatic rings. The molecular weight excluding hydrogens is 240 g/mol. The van der Waals surface area contributed by atoms with E-state index in [-0.39, 0.29) is 0 Å². The van der Waals surface area contributed by atoms with Crippen LogP contribution in [0.1, 0.15) is 50.5 Å². The summed E-state index contributed by atoms with van der Waals surface area (Å²) in [6.07, 6.45) is 6.12. The van der Waals surface area contributed by atoms with Gasteiger partial charge in [-0.25, -0.2) is 0 Å². The first-order chi connectivity index (χ1) is 9.22. The molecule has 0 aromatic carbocycles. The Kier molecular flexibility index (Phi) is 4.74. The Morgan fingerprint density at radius 1 is 1.42 bits per heavy atom. The molecule has 1 N–H and O–H groups in total. The lowest BCUT2D eigenvalue weighted by Crippen LogP contribution is -2.18. The molecule has 0 aliphatic carbocycles. The van der Waals surface area contributed by atoms with Crippen molar-refractivity contribution in [1.29, 1.82) is 0 Å². The Morgan fingerprint density at radius 3 is 2.95 bits per heavy atom. The van der Waals surface area contributed by atoms with Crippen molar-refractivity contribution in [2.75, 3.05) is 6.54 Å². The molecular formula is C14H22N4O. The SMILES string of the molecule is CCCNC(C)c1ccn(Cc2noc(CC)n2)c1. The summed E-state index contributed by atoms with van der Waals surface area (Å²) in [6, 6.07) is 2.51. The lowest BCUT2D eigenvalue weighted by molar-refractivity contribution is 0.375. The quantitative estimate of drug-likeness (QED) is 0.833. The fourth-order valence-corrected chi connectivity index (χ4v) is 1.95. The molecule has 2 rings (SSSR count). The number of aromatic nitrogens is 3. The molecule has 19 heavy (non-hydrogen) atoms. The summed E-state index contributed by atoms with van der Waals surface area (Å²) >= 11 is 0. The monoisotopic (exact) mass is 262 g/mol. The highest BCUT2D eigenvalue weighted by Gasteiger charge is 2.08. The third kappa shape index (κ3) is 3.67. The van der Waals surface area contributed by atoms with Gasteiger partial charge in [0, 0.05) is 24.9 Å². The minimum Gasteiger partial charge on any atom is -0.346 e. The maximum Gasteiger partial charge on any atom is 0.226 e. The molecule has 5 heteroatoms. The zero-order chi connectivity index (χ0) is 13.7. The largest absolute Gasteiger partial charge is 0.346 e. The van der Waals surface area contributed by atoms with Gasteiger partial charge in [0.05, 0.1) is 6.54 Å². The van der Waals surface area contributed by atoms with E-state index in [0.29, 0.717) is 18.5 Å². The van der Waals surface area contributed by atoms with Crippen LogP contribution in [0, 0.1) is 0 Å². The third-order valence-electron chi connectivity index (χ3n) is 3.11. The molecule has 0 amide bonds. The maximum absolute atomic E-state index is 5.11. The second-order valence-corrected chi connectivity index (χ2v) is 4.75. The predicted octanol–water partition coefficient (Wildman–Crippen LogP) is 2.54. The minimum atomic E-state index is 0.373. The Hall–Kier alpha value is -1.62. The van der Waals surface area contributed by atoms with Gasteiger partial charge < -0.3 is 14.4 Å². The third-order valence-corrected chi connectivity index (χ3v) is 3.11. The van der Waals surface area contributed by atoms with Crippen LogP contribution in [-0.2, 0) is 13.0 Å². The van der Waals surface area contributed by atoms with Crippen LogP contribution in [0.3, 0.4) is 0 Å². The molecule has 0 spiro atoms. The van der Waals surface area contributed by atoms with Crippen molar-refractivity contribution in [3.05, 3.63) is 35.7 Å². The van der Waals surface area contributed by atoms with Gasteiger partial charge in [0.1, 0.15) is 0 Å². The molecule has 0 bridgehead atoms. The number of nitrogens with one attached hydrogen (secondary N) is 1. The van der Waals surface area contributed by atoms with E-state index in [1.54, 1.807) is 0 Å². The van der Waals surface area contributed by atoms with Gasteiger partial charge >= 0.3 is 0 Å².